The van der Waals surface area contributed by atoms with E-state index in [2.05, 4.69) is 5.32 Å². The number of benzene rings is 2. The van der Waals surface area contributed by atoms with Gasteiger partial charge < -0.3 is 20.5 Å². The normalized spacial score (nSPS) is 11.2. The summed E-state index contributed by atoms with van der Waals surface area (Å²) in [6.45, 7) is 1.94. The Labute approximate surface area is 152 Å². The van der Waals surface area contributed by atoms with Crippen molar-refractivity contribution in [3.63, 3.8) is 0 Å². The van der Waals surface area contributed by atoms with Crippen LogP contribution < -0.4 is 20.5 Å². The van der Waals surface area contributed by atoms with Crippen LogP contribution in [0.3, 0.4) is 0 Å². The van der Waals surface area contributed by atoms with Crippen molar-refractivity contribution in [1.29, 1.82) is 0 Å². The molecule has 0 fully saturated rings. The second-order valence-corrected chi connectivity index (χ2v) is 5.28. The maximum Gasteiger partial charge on any atom is 0.241 e. The zero-order valence-electron chi connectivity index (χ0n) is 14.1. The summed E-state index contributed by atoms with van der Waals surface area (Å²) >= 11 is 0. The number of methoxy groups -OCH3 is 1. The maximum absolute atomic E-state index is 14.2. The smallest absolute Gasteiger partial charge is 0.241 e. The van der Waals surface area contributed by atoms with Crippen molar-refractivity contribution in [2.24, 2.45) is 5.73 Å². The predicted octanol–water partition coefficient (Wildman–Crippen LogP) is 4.11. The number of amides is 1. The molecule has 1 amide bonds. The van der Waals surface area contributed by atoms with Gasteiger partial charge in [-0.15, -0.1) is 12.4 Å². The molecule has 0 saturated heterocycles. The Balaban J connectivity index is 0.00000312. The van der Waals surface area contributed by atoms with E-state index in [1.54, 1.807) is 30.3 Å². The van der Waals surface area contributed by atoms with Gasteiger partial charge in [0.15, 0.2) is 23.1 Å². The highest BCUT2D eigenvalue weighted by Crippen LogP contribution is 2.33. The average Bonchev–Trinajstić information content (AvgIpc) is 2.58. The second kappa shape index (κ2) is 9.86. The van der Waals surface area contributed by atoms with Gasteiger partial charge in [-0.05, 0) is 30.7 Å². The first kappa shape index (κ1) is 20.7. The number of anilines is 1. The van der Waals surface area contributed by atoms with Gasteiger partial charge in [0.2, 0.25) is 5.91 Å². The number of rotatable bonds is 7. The molecule has 1 atom stereocenters. The van der Waals surface area contributed by atoms with Gasteiger partial charge in [-0.1, -0.05) is 25.5 Å². The summed E-state index contributed by atoms with van der Waals surface area (Å²) in [6, 6.07) is 10.5. The molecule has 0 aliphatic rings. The Morgan fingerprint density at radius 1 is 1.20 bits per heavy atom. The molecular formula is C18H22ClFN2O3. The zero-order chi connectivity index (χ0) is 17.5. The second-order valence-electron chi connectivity index (χ2n) is 5.28. The van der Waals surface area contributed by atoms with E-state index in [1.165, 1.54) is 19.2 Å². The lowest BCUT2D eigenvalue weighted by molar-refractivity contribution is -0.117. The van der Waals surface area contributed by atoms with Gasteiger partial charge in [0.1, 0.15) is 0 Å². The zero-order valence-corrected chi connectivity index (χ0v) is 14.9. The van der Waals surface area contributed by atoms with E-state index in [0.29, 0.717) is 23.6 Å². The highest BCUT2D eigenvalue weighted by atomic mass is 35.5. The molecule has 0 aliphatic heterocycles. The monoisotopic (exact) mass is 368 g/mol. The van der Waals surface area contributed by atoms with Gasteiger partial charge in [0.25, 0.3) is 0 Å². The van der Waals surface area contributed by atoms with E-state index in [1.807, 2.05) is 6.92 Å². The predicted molar refractivity (Wildman–Crippen MR) is 98.2 cm³/mol. The molecule has 136 valence electrons. The molecule has 0 bridgehead atoms. The van der Waals surface area contributed by atoms with E-state index in [0.717, 1.165) is 6.42 Å². The molecule has 0 spiro atoms. The Kier molecular flexibility index (Phi) is 8.18. The molecule has 0 aromatic heterocycles. The van der Waals surface area contributed by atoms with Crippen LogP contribution in [-0.4, -0.2) is 19.1 Å². The summed E-state index contributed by atoms with van der Waals surface area (Å²) in [4.78, 5) is 11.9. The Morgan fingerprint density at radius 2 is 1.88 bits per heavy atom. The fraction of sp³-hybridized carbons (Fsp3) is 0.278. The molecule has 0 saturated carbocycles. The molecule has 25 heavy (non-hydrogen) atoms. The van der Waals surface area contributed by atoms with Crippen LogP contribution in [0.1, 0.15) is 19.8 Å². The first-order valence-corrected chi connectivity index (χ1v) is 7.72. The minimum atomic E-state index is -0.609. The minimum Gasteiger partial charge on any atom is -0.493 e. The molecule has 7 heteroatoms. The van der Waals surface area contributed by atoms with Crippen molar-refractivity contribution >= 4 is 24.0 Å². The Bertz CT molecular complexity index is 712. The summed E-state index contributed by atoms with van der Waals surface area (Å²) < 4.78 is 24.9. The largest absolute Gasteiger partial charge is 0.493 e. The van der Waals surface area contributed by atoms with Crippen LogP contribution in [0.5, 0.6) is 17.2 Å². The molecule has 1 unspecified atom stereocenters. The van der Waals surface area contributed by atoms with Crippen LogP contribution in [-0.2, 0) is 4.79 Å². The molecule has 0 heterocycles. The van der Waals surface area contributed by atoms with Gasteiger partial charge >= 0.3 is 0 Å². The van der Waals surface area contributed by atoms with E-state index in [4.69, 9.17) is 15.2 Å². The summed E-state index contributed by atoms with van der Waals surface area (Å²) in [5.41, 5.74) is 6.06. The van der Waals surface area contributed by atoms with E-state index in [-0.39, 0.29) is 24.1 Å². The molecule has 0 aliphatic carbocycles. The first-order chi connectivity index (χ1) is 11.5. The van der Waals surface area contributed by atoms with E-state index < -0.39 is 11.9 Å². The van der Waals surface area contributed by atoms with Crippen LogP contribution in [0.25, 0.3) is 0 Å². The lowest BCUT2D eigenvalue weighted by Gasteiger charge is -2.13. The number of carbonyl (C=O) groups is 1. The summed E-state index contributed by atoms with van der Waals surface area (Å²) in [5, 5.41) is 2.60. The van der Waals surface area contributed by atoms with Crippen LogP contribution in [0.15, 0.2) is 42.5 Å². The van der Waals surface area contributed by atoms with E-state index in [9.17, 15) is 9.18 Å². The molecule has 3 N–H and O–H groups in total. The van der Waals surface area contributed by atoms with Crippen molar-refractivity contribution in [3.05, 3.63) is 48.3 Å². The fourth-order valence-electron chi connectivity index (χ4n) is 2.16. The first-order valence-electron chi connectivity index (χ1n) is 7.72. The van der Waals surface area contributed by atoms with E-state index >= 15 is 0 Å². The third-order valence-electron chi connectivity index (χ3n) is 3.42. The van der Waals surface area contributed by atoms with Crippen LogP contribution in [0.2, 0.25) is 0 Å². The molecule has 2 rings (SSSR count). The van der Waals surface area contributed by atoms with Crippen LogP contribution in [0.4, 0.5) is 10.1 Å². The molecular weight excluding hydrogens is 347 g/mol. The summed E-state index contributed by atoms with van der Waals surface area (Å²) in [5.74, 6) is 0.00763. The number of hydrogen-bond donors (Lipinski definition) is 2. The number of ether oxygens (including phenoxy) is 2. The SMILES string of the molecule is CCCC(N)C(=O)Nc1ccc(Oc2ccccc2OC)c(F)c1.Cl. The van der Waals surface area contributed by atoms with Crippen molar-refractivity contribution in [3.8, 4) is 17.2 Å². The minimum absolute atomic E-state index is 0. The Morgan fingerprint density at radius 3 is 2.48 bits per heavy atom. The van der Waals surface area contributed by atoms with Gasteiger partial charge in [-0.2, -0.15) is 0 Å². The van der Waals surface area contributed by atoms with Crippen molar-refractivity contribution in [2.45, 2.75) is 25.8 Å². The lowest BCUT2D eigenvalue weighted by atomic mass is 10.1. The van der Waals surface area contributed by atoms with Crippen molar-refractivity contribution in [1.82, 2.24) is 0 Å². The third kappa shape index (κ3) is 5.62. The standard InChI is InChI=1S/C18H21FN2O3.ClH/c1-3-6-14(20)18(22)21-12-9-10-15(13(19)11-12)24-17-8-5-4-7-16(17)23-2;/h4-5,7-11,14H,3,6,20H2,1-2H3,(H,21,22);1H. The lowest BCUT2D eigenvalue weighted by Crippen LogP contribution is -2.35. The molecule has 2 aromatic carbocycles. The number of nitrogens with one attached hydrogen (secondary N) is 1. The summed E-state index contributed by atoms with van der Waals surface area (Å²) in [7, 11) is 1.51. The molecule has 0 radical (unpaired) electrons. The summed E-state index contributed by atoms with van der Waals surface area (Å²) in [6.07, 6.45) is 1.37. The average molecular weight is 369 g/mol. The molecule has 5 nitrogen and oxygen atoms in total. The van der Waals surface area contributed by atoms with Crippen LogP contribution in [0, 0.1) is 5.82 Å². The third-order valence-corrected chi connectivity index (χ3v) is 3.42. The molecule has 2 aromatic rings. The fourth-order valence-corrected chi connectivity index (χ4v) is 2.16. The van der Waals surface area contributed by atoms with Crippen molar-refractivity contribution < 1.29 is 18.7 Å². The van der Waals surface area contributed by atoms with Crippen molar-refractivity contribution in [2.75, 3.05) is 12.4 Å². The van der Waals surface area contributed by atoms with Crippen LogP contribution >= 0.6 is 12.4 Å². The number of nitrogens with two attached hydrogens (primary N) is 1. The Hall–Kier alpha value is -2.31. The van der Waals surface area contributed by atoms with Gasteiger partial charge in [0.05, 0.1) is 13.2 Å². The van der Waals surface area contributed by atoms with Gasteiger partial charge in [0, 0.05) is 11.8 Å². The highest BCUT2D eigenvalue weighted by Gasteiger charge is 2.14. The maximum atomic E-state index is 14.2. The highest BCUT2D eigenvalue weighted by molar-refractivity contribution is 5.94. The quantitative estimate of drug-likeness (QED) is 0.771. The number of hydrogen-bond acceptors (Lipinski definition) is 4. The number of halogens is 2. The topological polar surface area (TPSA) is 73.6 Å². The number of carbonyl (C=O) groups excluding carboxylic acids is 1. The van der Waals surface area contributed by atoms with Gasteiger partial charge in [-0.3, -0.25) is 4.79 Å². The number of para-hydroxylation sites is 2. The van der Waals surface area contributed by atoms with Gasteiger partial charge in [-0.25, -0.2) is 4.39 Å².